The van der Waals surface area contributed by atoms with Crippen molar-refractivity contribution in [3.63, 3.8) is 0 Å². The van der Waals surface area contributed by atoms with Gasteiger partial charge in [0.15, 0.2) is 0 Å². The average molecular weight is 457 g/mol. The van der Waals surface area contributed by atoms with Crippen LogP contribution in [-0.4, -0.2) is 36.2 Å². The molecule has 0 radical (unpaired) electrons. The zero-order valence-electron chi connectivity index (χ0n) is 19.6. The van der Waals surface area contributed by atoms with Gasteiger partial charge in [-0.05, 0) is 78.7 Å². The summed E-state index contributed by atoms with van der Waals surface area (Å²) in [6, 6.07) is 17.3. The van der Waals surface area contributed by atoms with Gasteiger partial charge < -0.3 is 20.6 Å². The van der Waals surface area contributed by atoms with E-state index in [9.17, 15) is 9.90 Å². The number of aryl methyl sites for hydroxylation is 1. The van der Waals surface area contributed by atoms with E-state index >= 15 is 0 Å². The Balaban J connectivity index is 1.27. The number of rotatable bonds is 9. The van der Waals surface area contributed by atoms with Crippen LogP contribution >= 0.6 is 0 Å². The van der Waals surface area contributed by atoms with Gasteiger partial charge in [0.25, 0.3) is 0 Å². The molecule has 1 fully saturated rings. The van der Waals surface area contributed by atoms with E-state index in [0.717, 1.165) is 18.9 Å². The highest BCUT2D eigenvalue weighted by molar-refractivity contribution is 5.93. The van der Waals surface area contributed by atoms with Gasteiger partial charge in [-0.15, -0.1) is 0 Å². The Kier molecular flexibility index (Phi) is 6.50. The van der Waals surface area contributed by atoms with E-state index in [1.807, 2.05) is 0 Å². The molecule has 1 aromatic heterocycles. The van der Waals surface area contributed by atoms with Crippen molar-refractivity contribution >= 4 is 23.0 Å². The predicted octanol–water partition coefficient (Wildman–Crippen LogP) is 5.19. The SMILES string of the molecule is CN(c1ccc(CCC2CC2)cc1)c1ccc2c(c1)CCNC2CNc1cnccc1C(=O)O. The molecule has 0 saturated heterocycles. The molecule has 1 saturated carbocycles. The summed E-state index contributed by atoms with van der Waals surface area (Å²) in [5.74, 6) is 0.0143. The van der Waals surface area contributed by atoms with Gasteiger partial charge in [-0.1, -0.05) is 31.0 Å². The van der Waals surface area contributed by atoms with Gasteiger partial charge in [-0.25, -0.2) is 4.79 Å². The number of anilines is 3. The molecule has 3 N–H and O–H groups in total. The van der Waals surface area contributed by atoms with Crippen LogP contribution in [0, 0.1) is 5.92 Å². The Morgan fingerprint density at radius 1 is 1.15 bits per heavy atom. The van der Waals surface area contributed by atoms with Crippen molar-refractivity contribution in [2.75, 3.05) is 30.4 Å². The number of hydrogen-bond donors (Lipinski definition) is 3. The standard InChI is InChI=1S/C28H32N4O2/c1-32(22-8-6-20(7-9-22)5-4-19-2-3-19)23-10-11-24-21(16-23)12-15-30-27(24)18-31-26-17-29-14-13-25(26)28(33)34/h6-11,13-14,16-17,19,27,30-31H,2-5,12,15,18H2,1H3,(H,33,34). The van der Waals surface area contributed by atoms with Crippen LogP contribution in [0.25, 0.3) is 0 Å². The van der Waals surface area contributed by atoms with Gasteiger partial charge in [-0.2, -0.15) is 0 Å². The summed E-state index contributed by atoms with van der Waals surface area (Å²) in [6.07, 6.45) is 9.38. The third kappa shape index (κ3) is 5.07. The summed E-state index contributed by atoms with van der Waals surface area (Å²) in [7, 11) is 2.12. The molecule has 3 aromatic rings. The Morgan fingerprint density at radius 2 is 1.94 bits per heavy atom. The van der Waals surface area contributed by atoms with Gasteiger partial charge in [0, 0.05) is 37.2 Å². The lowest BCUT2D eigenvalue weighted by Gasteiger charge is -2.29. The molecule has 1 aliphatic heterocycles. The summed E-state index contributed by atoms with van der Waals surface area (Å²) in [6.45, 7) is 1.48. The Hall–Kier alpha value is -3.38. The first kappa shape index (κ1) is 22.4. The lowest BCUT2D eigenvalue weighted by atomic mass is 9.93. The zero-order valence-corrected chi connectivity index (χ0v) is 19.6. The van der Waals surface area contributed by atoms with Gasteiger partial charge in [0.2, 0.25) is 0 Å². The molecule has 6 nitrogen and oxygen atoms in total. The number of nitrogens with zero attached hydrogens (tertiary/aromatic N) is 2. The van der Waals surface area contributed by atoms with E-state index < -0.39 is 5.97 Å². The zero-order chi connectivity index (χ0) is 23.5. The number of aromatic carboxylic acids is 1. The number of carboxylic acid groups (broad SMARTS) is 1. The van der Waals surface area contributed by atoms with Crippen LogP contribution < -0.4 is 15.5 Å². The van der Waals surface area contributed by atoms with Crippen LogP contribution in [0.1, 0.15) is 52.4 Å². The minimum atomic E-state index is -0.953. The number of carboxylic acids is 1. The molecule has 1 unspecified atom stereocenters. The molecule has 5 rings (SSSR count). The minimum absolute atomic E-state index is 0.107. The van der Waals surface area contributed by atoms with Crippen LogP contribution in [0.15, 0.2) is 60.9 Å². The fourth-order valence-electron chi connectivity index (χ4n) is 4.78. The van der Waals surface area contributed by atoms with Gasteiger partial charge >= 0.3 is 5.97 Å². The van der Waals surface area contributed by atoms with Crippen molar-refractivity contribution in [2.45, 2.75) is 38.1 Å². The largest absolute Gasteiger partial charge is 0.478 e. The van der Waals surface area contributed by atoms with E-state index in [-0.39, 0.29) is 11.6 Å². The van der Waals surface area contributed by atoms with Gasteiger partial charge in [0.05, 0.1) is 17.4 Å². The molecule has 2 aliphatic rings. The molecular formula is C28H32N4O2. The number of fused-ring (bicyclic) bond motifs is 1. The molecule has 34 heavy (non-hydrogen) atoms. The Morgan fingerprint density at radius 3 is 2.71 bits per heavy atom. The van der Waals surface area contributed by atoms with Crippen LogP contribution in [0.2, 0.25) is 0 Å². The first-order valence-electron chi connectivity index (χ1n) is 12.2. The molecule has 2 heterocycles. The first-order chi connectivity index (χ1) is 16.6. The van der Waals surface area contributed by atoms with E-state index in [4.69, 9.17) is 0 Å². The maximum absolute atomic E-state index is 11.5. The number of pyridine rings is 1. The van der Waals surface area contributed by atoms with E-state index in [2.05, 4.69) is 70.0 Å². The lowest BCUT2D eigenvalue weighted by Crippen LogP contribution is -2.34. The van der Waals surface area contributed by atoms with E-state index in [1.54, 1.807) is 6.20 Å². The van der Waals surface area contributed by atoms with Crippen LogP contribution in [0.5, 0.6) is 0 Å². The molecule has 176 valence electrons. The highest BCUT2D eigenvalue weighted by Gasteiger charge is 2.22. The van der Waals surface area contributed by atoms with E-state index in [0.29, 0.717) is 12.2 Å². The highest BCUT2D eigenvalue weighted by Crippen LogP contribution is 2.34. The normalized spacial score (nSPS) is 17.1. The maximum atomic E-state index is 11.5. The van der Waals surface area contributed by atoms with Gasteiger partial charge in [-0.3, -0.25) is 4.98 Å². The summed E-state index contributed by atoms with van der Waals surface area (Å²) in [5.41, 5.74) is 7.17. The van der Waals surface area contributed by atoms with E-state index in [1.165, 1.54) is 66.0 Å². The highest BCUT2D eigenvalue weighted by atomic mass is 16.4. The summed E-state index contributed by atoms with van der Waals surface area (Å²) < 4.78 is 0. The number of benzene rings is 2. The molecule has 0 amide bonds. The lowest BCUT2D eigenvalue weighted by molar-refractivity contribution is 0.0697. The third-order valence-corrected chi connectivity index (χ3v) is 7.08. The predicted molar refractivity (Wildman–Crippen MR) is 136 cm³/mol. The first-order valence-corrected chi connectivity index (χ1v) is 12.2. The van der Waals surface area contributed by atoms with Crippen molar-refractivity contribution in [3.8, 4) is 0 Å². The monoisotopic (exact) mass is 456 g/mol. The number of hydrogen-bond acceptors (Lipinski definition) is 5. The topological polar surface area (TPSA) is 77.5 Å². The summed E-state index contributed by atoms with van der Waals surface area (Å²) in [5, 5.41) is 16.3. The molecule has 1 atom stereocenters. The smallest absolute Gasteiger partial charge is 0.337 e. The molecule has 6 heteroatoms. The number of nitrogens with one attached hydrogen (secondary N) is 2. The quantitative estimate of drug-likeness (QED) is 0.411. The second-order valence-electron chi connectivity index (χ2n) is 9.45. The Bertz CT molecular complexity index is 1160. The van der Waals surface area contributed by atoms with Crippen molar-refractivity contribution in [1.29, 1.82) is 0 Å². The number of carbonyl (C=O) groups is 1. The molecule has 0 bridgehead atoms. The Labute approximate surface area is 201 Å². The van der Waals surface area contributed by atoms with Crippen molar-refractivity contribution in [2.24, 2.45) is 5.92 Å². The van der Waals surface area contributed by atoms with Gasteiger partial charge in [0.1, 0.15) is 0 Å². The summed E-state index contributed by atoms with van der Waals surface area (Å²) in [4.78, 5) is 17.8. The average Bonchev–Trinajstić information content (AvgIpc) is 3.70. The van der Waals surface area contributed by atoms with Crippen molar-refractivity contribution < 1.29 is 9.90 Å². The maximum Gasteiger partial charge on any atom is 0.337 e. The fourth-order valence-corrected chi connectivity index (χ4v) is 4.78. The molecule has 2 aromatic carbocycles. The second kappa shape index (κ2) is 9.85. The molecule has 0 spiro atoms. The third-order valence-electron chi connectivity index (χ3n) is 7.08. The molecular weight excluding hydrogens is 424 g/mol. The molecule has 1 aliphatic carbocycles. The van der Waals surface area contributed by atoms with Crippen molar-refractivity contribution in [1.82, 2.24) is 10.3 Å². The summed E-state index contributed by atoms with van der Waals surface area (Å²) >= 11 is 0. The number of aromatic nitrogens is 1. The fraction of sp³-hybridized carbons (Fsp3) is 0.357. The van der Waals surface area contributed by atoms with Crippen LogP contribution in [0.4, 0.5) is 17.1 Å². The van der Waals surface area contributed by atoms with Crippen LogP contribution in [-0.2, 0) is 12.8 Å². The van der Waals surface area contributed by atoms with Crippen molar-refractivity contribution in [3.05, 3.63) is 83.2 Å². The van der Waals surface area contributed by atoms with Crippen LogP contribution in [0.3, 0.4) is 0 Å². The minimum Gasteiger partial charge on any atom is -0.478 e. The second-order valence-corrected chi connectivity index (χ2v) is 9.45.